The average Bonchev–Trinajstić information content (AvgIpc) is 2.38. The first kappa shape index (κ1) is 16.2. The van der Waals surface area contributed by atoms with Crippen LogP contribution in [0, 0.1) is 5.82 Å². The van der Waals surface area contributed by atoms with Crippen LogP contribution in [0.3, 0.4) is 0 Å². The highest BCUT2D eigenvalue weighted by atomic mass is 127. The zero-order chi connectivity index (χ0) is 13.0. The highest BCUT2D eigenvalue weighted by molar-refractivity contribution is 14.0. The molecule has 0 bridgehead atoms. The number of hydrogen-bond acceptors (Lipinski definition) is 1. The van der Waals surface area contributed by atoms with E-state index < -0.39 is 0 Å². The molecule has 1 fully saturated rings. The summed E-state index contributed by atoms with van der Waals surface area (Å²) in [6.07, 6.45) is 5.74. The van der Waals surface area contributed by atoms with Gasteiger partial charge in [-0.15, -0.1) is 24.0 Å². The van der Waals surface area contributed by atoms with Crippen molar-refractivity contribution in [1.82, 2.24) is 0 Å². The lowest BCUT2D eigenvalue weighted by molar-refractivity contribution is 0.301. The first-order valence-electron chi connectivity index (χ1n) is 6.44. The molecule has 4 N–H and O–H groups in total. The number of nitrogens with two attached hydrogens (primary N) is 2. The van der Waals surface area contributed by atoms with Crippen LogP contribution in [0.4, 0.5) is 4.39 Å². The lowest BCUT2D eigenvalue weighted by atomic mass is 9.69. The van der Waals surface area contributed by atoms with Crippen LogP contribution < -0.4 is 11.5 Å². The summed E-state index contributed by atoms with van der Waals surface area (Å²) in [6.45, 7) is 0.598. The van der Waals surface area contributed by atoms with Crippen molar-refractivity contribution >= 4 is 29.9 Å². The van der Waals surface area contributed by atoms with Gasteiger partial charge in [-0.25, -0.2) is 4.39 Å². The van der Waals surface area contributed by atoms with Crippen molar-refractivity contribution in [2.24, 2.45) is 16.5 Å². The Morgan fingerprint density at radius 2 is 1.68 bits per heavy atom. The molecule has 1 aliphatic carbocycles. The molecule has 0 radical (unpaired) electrons. The summed E-state index contributed by atoms with van der Waals surface area (Å²) in [5.41, 5.74) is 12.0. The van der Waals surface area contributed by atoms with E-state index in [4.69, 9.17) is 11.5 Å². The summed E-state index contributed by atoms with van der Waals surface area (Å²) in [5.74, 6) is -0.0754. The van der Waals surface area contributed by atoms with E-state index in [2.05, 4.69) is 4.99 Å². The van der Waals surface area contributed by atoms with E-state index >= 15 is 0 Å². The Balaban J connectivity index is 0.00000180. The fraction of sp³-hybridized carbons (Fsp3) is 0.500. The molecule has 2 rings (SSSR count). The molecule has 106 valence electrons. The lowest BCUT2D eigenvalue weighted by Crippen LogP contribution is -2.34. The van der Waals surface area contributed by atoms with Crippen LogP contribution in [-0.2, 0) is 5.41 Å². The summed E-state index contributed by atoms with van der Waals surface area (Å²) < 4.78 is 13.0. The van der Waals surface area contributed by atoms with Gasteiger partial charge in [0.25, 0.3) is 0 Å². The molecule has 1 saturated carbocycles. The second kappa shape index (κ2) is 7.07. The van der Waals surface area contributed by atoms with Gasteiger partial charge in [0.2, 0.25) is 0 Å². The van der Waals surface area contributed by atoms with Crippen molar-refractivity contribution in [1.29, 1.82) is 0 Å². The van der Waals surface area contributed by atoms with Crippen LogP contribution in [0.1, 0.15) is 37.7 Å². The Morgan fingerprint density at radius 3 is 2.21 bits per heavy atom. The molecule has 0 saturated heterocycles. The predicted octanol–water partition coefficient (Wildman–Crippen LogP) is 2.92. The molecule has 0 spiro atoms. The molecule has 5 heteroatoms. The average molecular weight is 377 g/mol. The molecular weight excluding hydrogens is 356 g/mol. The topological polar surface area (TPSA) is 64.4 Å². The van der Waals surface area contributed by atoms with Crippen molar-refractivity contribution in [3.8, 4) is 0 Å². The zero-order valence-electron chi connectivity index (χ0n) is 10.9. The summed E-state index contributed by atoms with van der Waals surface area (Å²) in [4.78, 5) is 4.20. The molecule has 19 heavy (non-hydrogen) atoms. The van der Waals surface area contributed by atoms with E-state index in [1.165, 1.54) is 31.4 Å². The Labute approximate surface area is 130 Å². The number of benzene rings is 1. The predicted molar refractivity (Wildman–Crippen MR) is 87.3 cm³/mol. The maximum atomic E-state index is 13.0. The Hall–Kier alpha value is -0.850. The smallest absolute Gasteiger partial charge is 0.185 e. The monoisotopic (exact) mass is 377 g/mol. The van der Waals surface area contributed by atoms with Gasteiger partial charge in [-0.1, -0.05) is 31.4 Å². The van der Waals surface area contributed by atoms with Crippen LogP contribution in [0.5, 0.6) is 0 Å². The van der Waals surface area contributed by atoms with Gasteiger partial charge in [0.1, 0.15) is 5.82 Å². The highest BCUT2D eigenvalue weighted by Gasteiger charge is 2.33. The van der Waals surface area contributed by atoms with Crippen molar-refractivity contribution in [3.05, 3.63) is 35.6 Å². The summed E-state index contributed by atoms with van der Waals surface area (Å²) in [5, 5.41) is 0. The number of guanidine groups is 1. The number of aliphatic imine (C=N–C) groups is 1. The molecule has 0 aliphatic heterocycles. The Morgan fingerprint density at radius 1 is 1.11 bits per heavy atom. The molecule has 0 heterocycles. The maximum Gasteiger partial charge on any atom is 0.185 e. The van der Waals surface area contributed by atoms with Gasteiger partial charge in [-0.05, 0) is 30.5 Å². The maximum absolute atomic E-state index is 13.0. The number of rotatable bonds is 3. The van der Waals surface area contributed by atoms with Crippen molar-refractivity contribution in [3.63, 3.8) is 0 Å². The van der Waals surface area contributed by atoms with Crippen LogP contribution in [0.2, 0.25) is 0 Å². The van der Waals surface area contributed by atoms with Gasteiger partial charge >= 0.3 is 0 Å². The van der Waals surface area contributed by atoms with Gasteiger partial charge in [0, 0.05) is 5.41 Å². The van der Waals surface area contributed by atoms with E-state index in [0.29, 0.717) is 6.54 Å². The van der Waals surface area contributed by atoms with Gasteiger partial charge in [0.05, 0.1) is 6.54 Å². The van der Waals surface area contributed by atoms with Crippen LogP contribution in [0.25, 0.3) is 0 Å². The van der Waals surface area contributed by atoms with Crippen LogP contribution in [0.15, 0.2) is 29.3 Å². The second-order valence-corrected chi connectivity index (χ2v) is 5.09. The highest BCUT2D eigenvalue weighted by Crippen LogP contribution is 2.39. The molecule has 0 atom stereocenters. The standard InChI is InChI=1S/C14H20FN3.HI/c15-12-6-4-11(5-7-12)14(10-18-13(16)17)8-2-1-3-9-14;/h4-7H,1-3,8-10H2,(H4,16,17,18);1H. The molecule has 1 aromatic rings. The van der Waals surface area contributed by atoms with E-state index in [1.807, 2.05) is 12.1 Å². The Kier molecular flexibility index (Phi) is 6.03. The van der Waals surface area contributed by atoms with Crippen molar-refractivity contribution in [2.45, 2.75) is 37.5 Å². The second-order valence-electron chi connectivity index (χ2n) is 5.09. The third-order valence-electron chi connectivity index (χ3n) is 3.83. The molecule has 0 unspecified atom stereocenters. The summed E-state index contributed by atoms with van der Waals surface area (Å²) in [7, 11) is 0. The molecule has 3 nitrogen and oxygen atoms in total. The largest absolute Gasteiger partial charge is 0.370 e. The fourth-order valence-electron chi connectivity index (χ4n) is 2.81. The number of halogens is 2. The molecule has 1 aromatic carbocycles. The molecule has 0 aromatic heterocycles. The molecule has 0 amide bonds. The lowest BCUT2D eigenvalue weighted by Gasteiger charge is -2.36. The van der Waals surface area contributed by atoms with Gasteiger partial charge < -0.3 is 11.5 Å². The summed E-state index contributed by atoms with van der Waals surface area (Å²) >= 11 is 0. The quantitative estimate of drug-likeness (QED) is 0.483. The van der Waals surface area contributed by atoms with E-state index in [9.17, 15) is 4.39 Å². The fourth-order valence-corrected chi connectivity index (χ4v) is 2.81. The number of nitrogens with zero attached hydrogens (tertiary/aromatic N) is 1. The van der Waals surface area contributed by atoms with Gasteiger partial charge in [0.15, 0.2) is 5.96 Å². The van der Waals surface area contributed by atoms with Crippen molar-refractivity contribution < 1.29 is 4.39 Å². The van der Waals surface area contributed by atoms with E-state index in [0.717, 1.165) is 18.4 Å². The SMILES string of the molecule is I.NC(N)=NCC1(c2ccc(F)cc2)CCCCC1. The third-order valence-corrected chi connectivity index (χ3v) is 3.83. The first-order chi connectivity index (χ1) is 8.62. The van der Waals surface area contributed by atoms with E-state index in [1.54, 1.807) is 0 Å². The van der Waals surface area contributed by atoms with Crippen LogP contribution in [-0.4, -0.2) is 12.5 Å². The van der Waals surface area contributed by atoms with Crippen molar-refractivity contribution in [2.75, 3.05) is 6.54 Å². The minimum atomic E-state index is -0.202. The Bertz CT molecular complexity index is 421. The zero-order valence-corrected chi connectivity index (χ0v) is 13.3. The third kappa shape index (κ3) is 4.06. The van der Waals surface area contributed by atoms with Gasteiger partial charge in [-0.2, -0.15) is 0 Å². The summed E-state index contributed by atoms with van der Waals surface area (Å²) in [6, 6.07) is 6.76. The minimum absolute atomic E-state index is 0. The molecular formula is C14H21FIN3. The first-order valence-corrected chi connectivity index (χ1v) is 6.44. The van der Waals surface area contributed by atoms with Gasteiger partial charge in [-0.3, -0.25) is 4.99 Å². The molecule has 1 aliphatic rings. The minimum Gasteiger partial charge on any atom is -0.370 e. The van der Waals surface area contributed by atoms with E-state index in [-0.39, 0.29) is 41.2 Å². The number of hydrogen-bond donors (Lipinski definition) is 2. The van der Waals surface area contributed by atoms with Crippen LogP contribution >= 0.6 is 24.0 Å². The normalized spacial score (nSPS) is 17.3.